The molecule has 112 valence electrons. The molecule has 2 rings (SSSR count). The predicted molar refractivity (Wildman–Crippen MR) is 88.8 cm³/mol. The number of phenolic OH excluding ortho intramolecular Hbond substituents is 1. The minimum absolute atomic E-state index is 0.164. The van der Waals surface area contributed by atoms with Crippen LogP contribution >= 0.6 is 27.7 Å². The summed E-state index contributed by atoms with van der Waals surface area (Å²) in [5.41, 5.74) is 1.12. The van der Waals surface area contributed by atoms with E-state index in [0.29, 0.717) is 16.3 Å². The van der Waals surface area contributed by atoms with Crippen LogP contribution in [0.15, 0.2) is 16.6 Å². The molecular weight excluding hydrogens is 338 g/mol. The molecule has 0 aliphatic heterocycles. The van der Waals surface area contributed by atoms with E-state index >= 15 is 0 Å². The molecule has 1 aliphatic carbocycles. The third-order valence-corrected chi connectivity index (χ3v) is 5.65. The summed E-state index contributed by atoms with van der Waals surface area (Å²) in [7, 11) is 1.57. The molecule has 0 saturated heterocycles. The fraction of sp³-hybridized carbons (Fsp3) is 0.600. The first-order chi connectivity index (χ1) is 9.63. The fourth-order valence-electron chi connectivity index (χ4n) is 2.65. The van der Waals surface area contributed by atoms with Crippen LogP contribution in [0.3, 0.4) is 0 Å². The van der Waals surface area contributed by atoms with E-state index in [0.717, 1.165) is 17.4 Å². The Morgan fingerprint density at radius 3 is 2.65 bits per heavy atom. The van der Waals surface area contributed by atoms with E-state index in [1.807, 2.05) is 23.9 Å². The zero-order valence-corrected chi connectivity index (χ0v) is 14.4. The number of aromatic hydroxyl groups is 1. The third-order valence-electron chi connectivity index (χ3n) is 3.91. The second-order valence-corrected chi connectivity index (χ2v) is 7.21. The number of hydrogen-bond donors (Lipinski definition) is 2. The van der Waals surface area contributed by atoms with Gasteiger partial charge in [-0.1, -0.05) is 0 Å². The van der Waals surface area contributed by atoms with Crippen LogP contribution in [-0.4, -0.2) is 29.8 Å². The largest absolute Gasteiger partial charge is 0.503 e. The van der Waals surface area contributed by atoms with Crippen molar-refractivity contribution >= 4 is 27.7 Å². The van der Waals surface area contributed by atoms with Gasteiger partial charge in [0.15, 0.2) is 11.5 Å². The Hall–Kier alpha value is -0.390. The zero-order valence-electron chi connectivity index (χ0n) is 12.0. The molecule has 3 nitrogen and oxygen atoms in total. The van der Waals surface area contributed by atoms with Crippen molar-refractivity contribution < 1.29 is 9.84 Å². The van der Waals surface area contributed by atoms with Crippen molar-refractivity contribution in [2.75, 3.05) is 13.4 Å². The Labute approximate surface area is 133 Å². The molecule has 0 amide bonds. The van der Waals surface area contributed by atoms with Crippen molar-refractivity contribution in [1.82, 2.24) is 5.32 Å². The van der Waals surface area contributed by atoms with Crippen LogP contribution in [0, 0.1) is 0 Å². The van der Waals surface area contributed by atoms with Crippen LogP contribution in [0.5, 0.6) is 11.5 Å². The highest BCUT2D eigenvalue weighted by atomic mass is 79.9. The van der Waals surface area contributed by atoms with Gasteiger partial charge < -0.3 is 15.2 Å². The van der Waals surface area contributed by atoms with Crippen LogP contribution in [-0.2, 0) is 6.54 Å². The Bertz CT molecular complexity index is 448. The highest BCUT2D eigenvalue weighted by molar-refractivity contribution is 9.10. The first kappa shape index (κ1) is 16.0. The monoisotopic (exact) mass is 359 g/mol. The second-order valence-electron chi connectivity index (χ2n) is 5.22. The number of benzene rings is 1. The molecule has 0 heterocycles. The summed E-state index contributed by atoms with van der Waals surface area (Å²) in [6, 6.07) is 4.44. The third kappa shape index (κ3) is 4.06. The van der Waals surface area contributed by atoms with Crippen molar-refractivity contribution in [3.05, 3.63) is 22.2 Å². The number of methoxy groups -OCH3 is 1. The van der Waals surface area contributed by atoms with Gasteiger partial charge >= 0.3 is 0 Å². The van der Waals surface area contributed by atoms with Gasteiger partial charge in [0.1, 0.15) is 0 Å². The predicted octanol–water partition coefficient (Wildman–Crippen LogP) is 3.93. The van der Waals surface area contributed by atoms with E-state index in [9.17, 15) is 5.11 Å². The Balaban J connectivity index is 1.90. The van der Waals surface area contributed by atoms with Crippen LogP contribution in [0.1, 0.15) is 31.2 Å². The van der Waals surface area contributed by atoms with Gasteiger partial charge in [-0.2, -0.15) is 11.8 Å². The molecule has 1 aromatic rings. The molecule has 1 aromatic carbocycles. The molecule has 1 fully saturated rings. The van der Waals surface area contributed by atoms with E-state index < -0.39 is 0 Å². The van der Waals surface area contributed by atoms with Crippen molar-refractivity contribution in [1.29, 1.82) is 0 Å². The number of rotatable bonds is 5. The molecular formula is C15H22BrNO2S. The van der Waals surface area contributed by atoms with E-state index in [1.165, 1.54) is 25.7 Å². The van der Waals surface area contributed by atoms with Gasteiger partial charge in [0, 0.05) is 17.8 Å². The normalized spacial score (nSPS) is 22.8. The first-order valence-electron chi connectivity index (χ1n) is 6.95. The minimum Gasteiger partial charge on any atom is -0.503 e. The standard InChI is InChI=1S/C15H22BrNO2S/c1-19-14-8-10(7-13(16)15(14)18)9-17-11-3-5-12(20-2)6-4-11/h7-8,11-12,17-18H,3-6,9H2,1-2H3. The van der Waals surface area contributed by atoms with E-state index in [-0.39, 0.29) is 5.75 Å². The van der Waals surface area contributed by atoms with Gasteiger partial charge in [0.2, 0.25) is 0 Å². The molecule has 20 heavy (non-hydrogen) atoms. The summed E-state index contributed by atoms with van der Waals surface area (Å²) >= 11 is 5.35. The van der Waals surface area contributed by atoms with Crippen molar-refractivity contribution in [2.24, 2.45) is 0 Å². The lowest BCUT2D eigenvalue weighted by molar-refractivity contribution is 0.367. The van der Waals surface area contributed by atoms with Gasteiger partial charge in [0.25, 0.3) is 0 Å². The number of halogens is 1. The number of nitrogens with one attached hydrogen (secondary N) is 1. The number of phenols is 1. The number of ether oxygens (including phenoxy) is 1. The maximum absolute atomic E-state index is 9.80. The highest BCUT2D eigenvalue weighted by Crippen LogP contribution is 2.35. The fourth-order valence-corrected chi connectivity index (χ4v) is 3.88. The van der Waals surface area contributed by atoms with Crippen molar-refractivity contribution in [3.8, 4) is 11.5 Å². The van der Waals surface area contributed by atoms with Crippen LogP contribution in [0.2, 0.25) is 0 Å². The molecule has 5 heteroatoms. The summed E-state index contributed by atoms with van der Waals surface area (Å²) in [6.45, 7) is 0.809. The summed E-state index contributed by atoms with van der Waals surface area (Å²) in [4.78, 5) is 0. The minimum atomic E-state index is 0.164. The molecule has 0 aromatic heterocycles. The van der Waals surface area contributed by atoms with Gasteiger partial charge in [0.05, 0.1) is 11.6 Å². The zero-order chi connectivity index (χ0) is 14.5. The van der Waals surface area contributed by atoms with Gasteiger partial charge in [-0.25, -0.2) is 0 Å². The van der Waals surface area contributed by atoms with Crippen molar-refractivity contribution in [3.63, 3.8) is 0 Å². The maximum Gasteiger partial charge on any atom is 0.172 e. The maximum atomic E-state index is 9.80. The van der Waals surface area contributed by atoms with Gasteiger partial charge in [-0.3, -0.25) is 0 Å². The lowest BCUT2D eigenvalue weighted by Gasteiger charge is -2.28. The van der Waals surface area contributed by atoms with E-state index in [1.54, 1.807) is 7.11 Å². The SMILES string of the molecule is COc1cc(CNC2CCC(SC)CC2)cc(Br)c1O. The molecule has 2 N–H and O–H groups in total. The topological polar surface area (TPSA) is 41.5 Å². The Kier molecular flexibility index (Phi) is 6.05. The lowest BCUT2D eigenvalue weighted by Crippen LogP contribution is -2.33. The Morgan fingerprint density at radius 1 is 1.35 bits per heavy atom. The average molecular weight is 360 g/mol. The molecule has 0 atom stereocenters. The van der Waals surface area contributed by atoms with Crippen LogP contribution < -0.4 is 10.1 Å². The van der Waals surface area contributed by atoms with Gasteiger partial charge in [-0.05, 0) is 65.6 Å². The van der Waals surface area contributed by atoms with E-state index in [2.05, 4.69) is 27.5 Å². The van der Waals surface area contributed by atoms with E-state index in [4.69, 9.17) is 4.74 Å². The van der Waals surface area contributed by atoms with Gasteiger partial charge in [-0.15, -0.1) is 0 Å². The molecule has 0 spiro atoms. The van der Waals surface area contributed by atoms with Crippen LogP contribution in [0.4, 0.5) is 0 Å². The first-order valence-corrected chi connectivity index (χ1v) is 9.03. The quantitative estimate of drug-likeness (QED) is 0.835. The summed E-state index contributed by atoms with van der Waals surface area (Å²) in [5, 5.41) is 14.3. The molecule has 0 unspecified atom stereocenters. The second kappa shape index (κ2) is 7.57. The lowest BCUT2D eigenvalue weighted by atomic mass is 9.95. The molecule has 0 radical (unpaired) electrons. The smallest absolute Gasteiger partial charge is 0.172 e. The highest BCUT2D eigenvalue weighted by Gasteiger charge is 2.20. The number of thioether (sulfide) groups is 1. The summed E-state index contributed by atoms with van der Waals surface area (Å²) in [6.07, 6.45) is 7.32. The van der Waals surface area contributed by atoms with Crippen molar-refractivity contribution in [2.45, 2.75) is 43.5 Å². The number of hydrogen-bond acceptors (Lipinski definition) is 4. The molecule has 1 aliphatic rings. The Morgan fingerprint density at radius 2 is 2.05 bits per heavy atom. The summed E-state index contributed by atoms with van der Waals surface area (Å²) < 4.78 is 5.86. The summed E-state index contributed by atoms with van der Waals surface area (Å²) in [5.74, 6) is 0.680. The van der Waals surface area contributed by atoms with Crippen LogP contribution in [0.25, 0.3) is 0 Å². The molecule has 1 saturated carbocycles. The average Bonchev–Trinajstić information content (AvgIpc) is 2.48. The molecule has 0 bridgehead atoms.